The van der Waals surface area contributed by atoms with Crippen molar-refractivity contribution in [2.24, 2.45) is 0 Å². The summed E-state index contributed by atoms with van der Waals surface area (Å²) in [6, 6.07) is 32.0. The maximum Gasteiger partial charge on any atom is 0.121 e. The van der Waals surface area contributed by atoms with E-state index in [-0.39, 0.29) is 0 Å². The summed E-state index contributed by atoms with van der Waals surface area (Å²) in [5.74, 6) is 0. The molecule has 7 rings (SSSR count). The summed E-state index contributed by atoms with van der Waals surface area (Å²) >= 11 is 0. The van der Waals surface area contributed by atoms with E-state index in [4.69, 9.17) is 10.2 Å². The van der Waals surface area contributed by atoms with Gasteiger partial charge in [-0.05, 0) is 45.2 Å². The average molecular weight is 369 g/mol. The van der Waals surface area contributed by atoms with Crippen molar-refractivity contribution < 1.29 is 0 Å². The molecule has 3 nitrogen and oxygen atoms in total. The minimum atomic E-state index is 0.912. The lowest BCUT2D eigenvalue weighted by molar-refractivity contribution is 0.772. The quantitative estimate of drug-likeness (QED) is 0.336. The molecule has 29 heavy (non-hydrogen) atoms. The smallest absolute Gasteiger partial charge is 0.121 e. The molecule has 0 amide bonds. The van der Waals surface area contributed by atoms with E-state index in [0.717, 1.165) is 22.1 Å². The van der Waals surface area contributed by atoms with Crippen LogP contribution in [-0.4, -0.2) is 15.0 Å². The van der Waals surface area contributed by atoms with Crippen LogP contribution in [0, 0.1) is 0 Å². The summed E-state index contributed by atoms with van der Waals surface area (Å²) in [6.07, 6.45) is 0. The Labute approximate surface area is 166 Å². The Morgan fingerprint density at radius 1 is 0.517 bits per heavy atom. The van der Waals surface area contributed by atoms with Crippen LogP contribution in [0.4, 0.5) is 0 Å². The summed E-state index contributed by atoms with van der Waals surface area (Å²) in [4.78, 5) is 1.79. The van der Waals surface area contributed by atoms with Crippen LogP contribution >= 0.6 is 0 Å². The molecule has 0 unspecified atom stereocenters. The van der Waals surface area contributed by atoms with Crippen LogP contribution in [-0.2, 0) is 0 Å². The molecule has 0 spiro atoms. The maximum atomic E-state index is 4.90. The van der Waals surface area contributed by atoms with Gasteiger partial charge in [0.05, 0.1) is 5.69 Å². The molecule has 0 fully saturated rings. The van der Waals surface area contributed by atoms with Gasteiger partial charge in [-0.3, -0.25) is 0 Å². The fourth-order valence-corrected chi connectivity index (χ4v) is 4.72. The first-order valence-corrected chi connectivity index (χ1v) is 9.79. The van der Waals surface area contributed by atoms with Gasteiger partial charge >= 0.3 is 0 Å². The summed E-state index contributed by atoms with van der Waals surface area (Å²) in [5, 5.41) is 14.5. The molecule has 0 aliphatic heterocycles. The molecule has 0 N–H and O–H groups in total. The molecular formula is C26H15N3. The van der Waals surface area contributed by atoms with Crippen LogP contribution in [0.2, 0.25) is 0 Å². The van der Waals surface area contributed by atoms with Gasteiger partial charge in [0.25, 0.3) is 0 Å². The van der Waals surface area contributed by atoms with Gasteiger partial charge in [0.1, 0.15) is 11.0 Å². The van der Waals surface area contributed by atoms with Crippen LogP contribution in [0.1, 0.15) is 0 Å². The second kappa shape index (κ2) is 5.30. The Morgan fingerprint density at radius 2 is 1.24 bits per heavy atom. The van der Waals surface area contributed by atoms with E-state index in [0.29, 0.717) is 0 Å². The molecular weight excluding hydrogens is 354 g/mol. The number of rotatable bonds is 1. The zero-order chi connectivity index (χ0) is 18.9. The minimum Gasteiger partial charge on any atom is -0.150 e. The SMILES string of the molecule is c1ccc2c(c1)-c1cccc3c(-n4nc5ccc6ccccc6c5n4)ccc-2c13. The van der Waals surface area contributed by atoms with Crippen LogP contribution < -0.4 is 0 Å². The van der Waals surface area contributed by atoms with Gasteiger partial charge in [-0.2, -0.15) is 0 Å². The molecule has 1 aliphatic rings. The first-order valence-electron chi connectivity index (χ1n) is 9.79. The molecule has 0 saturated heterocycles. The Morgan fingerprint density at radius 3 is 2.14 bits per heavy atom. The number of fused-ring (bicyclic) bond motifs is 6. The number of aromatic nitrogens is 3. The largest absolute Gasteiger partial charge is 0.150 e. The van der Waals surface area contributed by atoms with Gasteiger partial charge in [-0.1, -0.05) is 78.9 Å². The fourth-order valence-electron chi connectivity index (χ4n) is 4.72. The van der Waals surface area contributed by atoms with Gasteiger partial charge in [-0.25, -0.2) is 0 Å². The van der Waals surface area contributed by atoms with E-state index < -0.39 is 0 Å². The normalized spacial score (nSPS) is 12.1. The summed E-state index contributed by atoms with van der Waals surface area (Å²) in [6.45, 7) is 0. The molecule has 0 bridgehead atoms. The van der Waals surface area contributed by atoms with Crippen molar-refractivity contribution in [1.82, 2.24) is 15.0 Å². The Balaban J connectivity index is 1.55. The predicted molar refractivity (Wildman–Crippen MR) is 118 cm³/mol. The van der Waals surface area contributed by atoms with Crippen molar-refractivity contribution in [2.45, 2.75) is 0 Å². The number of benzene rings is 5. The monoisotopic (exact) mass is 369 g/mol. The second-order valence-corrected chi connectivity index (χ2v) is 7.55. The van der Waals surface area contributed by atoms with E-state index in [1.807, 2.05) is 0 Å². The third-order valence-corrected chi connectivity index (χ3v) is 6.02. The minimum absolute atomic E-state index is 0.912. The lowest BCUT2D eigenvalue weighted by atomic mass is 10.0. The summed E-state index contributed by atoms with van der Waals surface area (Å²) < 4.78 is 0. The van der Waals surface area contributed by atoms with Crippen molar-refractivity contribution >= 4 is 32.6 Å². The van der Waals surface area contributed by atoms with Crippen LogP contribution in [0.25, 0.3) is 60.5 Å². The molecule has 6 aromatic rings. The van der Waals surface area contributed by atoms with E-state index in [1.165, 1.54) is 38.4 Å². The van der Waals surface area contributed by atoms with Crippen molar-refractivity contribution in [3.05, 3.63) is 91.0 Å². The highest BCUT2D eigenvalue weighted by molar-refractivity contribution is 6.17. The van der Waals surface area contributed by atoms with E-state index in [9.17, 15) is 0 Å². The fraction of sp³-hybridized carbons (Fsp3) is 0. The lowest BCUT2D eigenvalue weighted by Gasteiger charge is -2.08. The van der Waals surface area contributed by atoms with E-state index >= 15 is 0 Å². The second-order valence-electron chi connectivity index (χ2n) is 7.55. The van der Waals surface area contributed by atoms with Crippen LogP contribution in [0.3, 0.4) is 0 Å². The van der Waals surface area contributed by atoms with Crippen LogP contribution in [0.5, 0.6) is 0 Å². The van der Waals surface area contributed by atoms with Gasteiger partial charge in [0, 0.05) is 10.8 Å². The molecule has 1 heterocycles. The summed E-state index contributed by atoms with van der Waals surface area (Å²) in [5.41, 5.74) is 8.04. The highest BCUT2D eigenvalue weighted by Gasteiger charge is 2.22. The zero-order valence-corrected chi connectivity index (χ0v) is 15.5. The standard InChI is InChI=1S/C26H15N3/c1-2-7-17-16(6-1)12-14-23-26(17)28-29(27-23)24-15-13-21-19-9-4-3-8-18(19)20-10-5-11-22(24)25(20)21/h1-15H. The molecule has 0 radical (unpaired) electrons. The van der Waals surface area contributed by atoms with Crippen molar-refractivity contribution in [3.63, 3.8) is 0 Å². The maximum absolute atomic E-state index is 4.90. The molecule has 134 valence electrons. The molecule has 5 aromatic carbocycles. The van der Waals surface area contributed by atoms with Gasteiger partial charge < -0.3 is 0 Å². The third-order valence-electron chi connectivity index (χ3n) is 6.02. The number of hydrogen-bond acceptors (Lipinski definition) is 2. The molecule has 3 heteroatoms. The highest BCUT2D eigenvalue weighted by atomic mass is 15.5. The third kappa shape index (κ3) is 1.91. The zero-order valence-electron chi connectivity index (χ0n) is 15.5. The number of nitrogens with zero attached hydrogens (tertiary/aromatic N) is 3. The van der Waals surface area contributed by atoms with E-state index in [1.54, 1.807) is 4.80 Å². The predicted octanol–water partition coefficient (Wildman–Crippen LogP) is 6.37. The Kier molecular flexibility index (Phi) is 2.74. The first-order chi connectivity index (χ1) is 14.4. The first kappa shape index (κ1) is 15.0. The highest BCUT2D eigenvalue weighted by Crippen LogP contribution is 2.48. The lowest BCUT2D eigenvalue weighted by Crippen LogP contribution is -1.99. The Hall–Kier alpha value is -3.98. The van der Waals surface area contributed by atoms with E-state index in [2.05, 4.69) is 91.0 Å². The molecule has 0 atom stereocenters. The summed E-state index contributed by atoms with van der Waals surface area (Å²) in [7, 11) is 0. The van der Waals surface area contributed by atoms with Crippen molar-refractivity contribution in [2.75, 3.05) is 0 Å². The van der Waals surface area contributed by atoms with Gasteiger partial charge in [-0.15, -0.1) is 15.0 Å². The molecule has 1 aromatic heterocycles. The Bertz CT molecular complexity index is 1580. The van der Waals surface area contributed by atoms with Crippen LogP contribution in [0.15, 0.2) is 91.0 Å². The van der Waals surface area contributed by atoms with Gasteiger partial charge in [0.15, 0.2) is 0 Å². The number of hydrogen-bond donors (Lipinski definition) is 0. The van der Waals surface area contributed by atoms with Crippen molar-refractivity contribution in [3.8, 4) is 27.9 Å². The van der Waals surface area contributed by atoms with Crippen molar-refractivity contribution in [1.29, 1.82) is 0 Å². The molecule has 1 aliphatic carbocycles. The molecule has 0 saturated carbocycles. The average Bonchev–Trinajstić information content (AvgIpc) is 3.36. The topological polar surface area (TPSA) is 30.7 Å². The van der Waals surface area contributed by atoms with Gasteiger partial charge in [0.2, 0.25) is 0 Å².